The Morgan fingerprint density at radius 3 is 2.55 bits per heavy atom. The zero-order chi connectivity index (χ0) is 20.4. The van der Waals surface area contributed by atoms with Crippen LogP contribution in [0.3, 0.4) is 0 Å². The third-order valence-corrected chi connectivity index (χ3v) is 6.25. The second kappa shape index (κ2) is 8.27. The number of nitrogens with one attached hydrogen (secondary N) is 1. The molecular weight excluding hydrogens is 385 g/mol. The summed E-state index contributed by atoms with van der Waals surface area (Å²) in [4.78, 5) is 24.3. The molecule has 0 spiro atoms. The average Bonchev–Trinajstić information content (AvgIpc) is 3.17. The summed E-state index contributed by atoms with van der Waals surface area (Å²) in [7, 11) is 0. The van der Waals surface area contributed by atoms with E-state index in [2.05, 4.69) is 23.7 Å². The fourth-order valence-corrected chi connectivity index (χ4v) is 4.52. The Hall–Kier alpha value is -2.83. The summed E-state index contributed by atoms with van der Waals surface area (Å²) in [6.45, 7) is 5.43. The molecule has 4 nitrogen and oxygen atoms in total. The first-order valence-corrected chi connectivity index (χ1v) is 10.4. The highest BCUT2D eigenvalue weighted by Gasteiger charge is 2.17. The van der Waals surface area contributed by atoms with Crippen molar-refractivity contribution in [3.63, 3.8) is 0 Å². The summed E-state index contributed by atoms with van der Waals surface area (Å²) in [6.07, 6.45) is 0. The number of nitrogens with zero attached hydrogens (tertiary/aromatic N) is 2. The van der Waals surface area contributed by atoms with Crippen LogP contribution in [0.15, 0.2) is 65.5 Å². The zero-order valence-corrected chi connectivity index (χ0v) is 17.2. The van der Waals surface area contributed by atoms with E-state index in [0.717, 1.165) is 27.4 Å². The van der Waals surface area contributed by atoms with Gasteiger partial charge in [0.05, 0.1) is 11.9 Å². The van der Waals surface area contributed by atoms with Gasteiger partial charge in [0.2, 0.25) is 0 Å². The molecular formula is C23H22FN3OS. The van der Waals surface area contributed by atoms with Gasteiger partial charge in [0.15, 0.2) is 0 Å². The topological polar surface area (TPSA) is 49.0 Å². The molecule has 0 amide bonds. The van der Waals surface area contributed by atoms with E-state index in [1.807, 2.05) is 36.4 Å². The molecule has 0 saturated heterocycles. The lowest BCUT2D eigenvalue weighted by Gasteiger charge is -2.27. The molecule has 2 aromatic carbocycles. The zero-order valence-electron chi connectivity index (χ0n) is 16.4. The third-order valence-electron chi connectivity index (χ3n) is 5.17. The minimum atomic E-state index is -0.243. The number of H-pyrrole nitrogens is 1. The molecule has 4 aromatic rings. The number of rotatable bonds is 6. The highest BCUT2D eigenvalue weighted by molar-refractivity contribution is 7.21. The predicted octanol–water partition coefficient (Wildman–Crippen LogP) is 5.37. The van der Waals surface area contributed by atoms with Gasteiger partial charge in [-0.05, 0) is 42.8 Å². The average molecular weight is 408 g/mol. The number of thiophene rings is 1. The van der Waals surface area contributed by atoms with Gasteiger partial charge in [-0.15, -0.1) is 11.3 Å². The summed E-state index contributed by atoms with van der Waals surface area (Å²) in [6, 6.07) is 18.5. The molecule has 2 heterocycles. The molecule has 29 heavy (non-hydrogen) atoms. The standard InChI is InChI=1S/C23H22FN3OS/c1-3-27(15(2)16-9-11-18(24)12-10-16)14-21-25-22(28)19-13-20(29-23(19)26-21)17-7-5-4-6-8-17/h4-13,15H,3,14H2,1-2H3,(H,25,26,28). The molecule has 0 fully saturated rings. The van der Waals surface area contributed by atoms with Crippen molar-refractivity contribution in [2.75, 3.05) is 6.54 Å². The first-order chi connectivity index (χ1) is 14.0. The quantitative estimate of drug-likeness (QED) is 0.467. The van der Waals surface area contributed by atoms with Gasteiger partial charge in [0.25, 0.3) is 5.56 Å². The number of hydrogen-bond acceptors (Lipinski definition) is 4. The van der Waals surface area contributed by atoms with E-state index in [1.54, 1.807) is 12.1 Å². The number of fused-ring (bicyclic) bond motifs is 1. The van der Waals surface area contributed by atoms with E-state index in [-0.39, 0.29) is 17.4 Å². The summed E-state index contributed by atoms with van der Waals surface area (Å²) >= 11 is 1.53. The van der Waals surface area contributed by atoms with Crippen LogP contribution < -0.4 is 5.56 Å². The Morgan fingerprint density at radius 1 is 1.14 bits per heavy atom. The van der Waals surface area contributed by atoms with Gasteiger partial charge in [-0.2, -0.15) is 0 Å². The molecule has 0 aliphatic rings. The molecule has 6 heteroatoms. The van der Waals surface area contributed by atoms with Crippen LogP contribution in [-0.4, -0.2) is 21.4 Å². The van der Waals surface area contributed by atoms with Gasteiger partial charge < -0.3 is 4.98 Å². The molecule has 2 aromatic heterocycles. The summed E-state index contributed by atoms with van der Waals surface area (Å²) in [5.74, 6) is 0.395. The van der Waals surface area contributed by atoms with Gasteiger partial charge in [-0.25, -0.2) is 9.37 Å². The lowest BCUT2D eigenvalue weighted by Crippen LogP contribution is -2.28. The Balaban J connectivity index is 1.63. The largest absolute Gasteiger partial charge is 0.309 e. The maximum atomic E-state index is 13.2. The normalized spacial score (nSPS) is 12.6. The smallest absolute Gasteiger partial charge is 0.259 e. The fourth-order valence-electron chi connectivity index (χ4n) is 3.46. The first kappa shape index (κ1) is 19.5. The van der Waals surface area contributed by atoms with Crippen molar-refractivity contribution < 1.29 is 4.39 Å². The molecule has 1 unspecified atom stereocenters. The molecule has 0 aliphatic heterocycles. The first-order valence-electron chi connectivity index (χ1n) is 9.63. The fraction of sp³-hybridized carbons (Fsp3) is 0.217. The van der Waals surface area contributed by atoms with E-state index in [1.165, 1.54) is 23.5 Å². The van der Waals surface area contributed by atoms with Gasteiger partial charge in [0.1, 0.15) is 16.5 Å². The summed E-state index contributed by atoms with van der Waals surface area (Å²) in [5.41, 5.74) is 1.99. The van der Waals surface area contributed by atoms with Gasteiger partial charge in [0, 0.05) is 10.9 Å². The van der Waals surface area contributed by atoms with Crippen LogP contribution in [0.2, 0.25) is 0 Å². The highest BCUT2D eigenvalue weighted by atomic mass is 32.1. The summed E-state index contributed by atoms with van der Waals surface area (Å²) < 4.78 is 13.2. The van der Waals surface area contributed by atoms with Crippen molar-refractivity contribution in [1.29, 1.82) is 0 Å². The Morgan fingerprint density at radius 2 is 1.86 bits per heavy atom. The molecule has 1 atom stereocenters. The van der Waals surface area contributed by atoms with Crippen molar-refractivity contribution in [2.45, 2.75) is 26.4 Å². The molecule has 0 aliphatic carbocycles. The number of aromatic amines is 1. The predicted molar refractivity (Wildman–Crippen MR) is 117 cm³/mol. The lowest BCUT2D eigenvalue weighted by atomic mass is 10.1. The van der Waals surface area contributed by atoms with Crippen molar-refractivity contribution in [1.82, 2.24) is 14.9 Å². The van der Waals surface area contributed by atoms with Crippen LogP contribution in [0.5, 0.6) is 0 Å². The van der Waals surface area contributed by atoms with Crippen molar-refractivity contribution in [3.8, 4) is 10.4 Å². The Kier molecular flexibility index (Phi) is 5.56. The molecule has 0 radical (unpaired) electrons. The van der Waals surface area contributed by atoms with E-state index < -0.39 is 0 Å². The van der Waals surface area contributed by atoms with Crippen molar-refractivity contribution in [3.05, 3.63) is 88.2 Å². The SMILES string of the molecule is CCN(Cc1nc2sc(-c3ccccc3)cc2c(=O)[nH]1)C(C)c1ccc(F)cc1. The van der Waals surface area contributed by atoms with Gasteiger partial charge in [-0.1, -0.05) is 49.4 Å². The minimum Gasteiger partial charge on any atom is -0.309 e. The monoisotopic (exact) mass is 407 g/mol. The number of benzene rings is 2. The number of halogens is 1. The molecule has 1 N–H and O–H groups in total. The van der Waals surface area contributed by atoms with Crippen LogP contribution in [0, 0.1) is 5.82 Å². The molecule has 0 bridgehead atoms. The van der Waals surface area contributed by atoms with Crippen LogP contribution in [-0.2, 0) is 6.54 Å². The number of hydrogen-bond donors (Lipinski definition) is 1. The highest BCUT2D eigenvalue weighted by Crippen LogP contribution is 2.31. The molecule has 4 rings (SSSR count). The maximum absolute atomic E-state index is 13.2. The minimum absolute atomic E-state index is 0.0739. The van der Waals surface area contributed by atoms with E-state index in [0.29, 0.717) is 17.8 Å². The van der Waals surface area contributed by atoms with E-state index >= 15 is 0 Å². The molecule has 0 saturated carbocycles. The van der Waals surface area contributed by atoms with Gasteiger partial charge in [-0.3, -0.25) is 9.69 Å². The maximum Gasteiger partial charge on any atom is 0.259 e. The van der Waals surface area contributed by atoms with Crippen LogP contribution in [0.25, 0.3) is 20.7 Å². The third kappa shape index (κ3) is 4.13. The second-order valence-corrected chi connectivity index (χ2v) is 8.03. The second-order valence-electron chi connectivity index (χ2n) is 7.00. The van der Waals surface area contributed by atoms with E-state index in [4.69, 9.17) is 4.98 Å². The lowest BCUT2D eigenvalue weighted by molar-refractivity contribution is 0.207. The Labute approximate surface area is 172 Å². The van der Waals surface area contributed by atoms with Crippen LogP contribution >= 0.6 is 11.3 Å². The molecule has 148 valence electrons. The summed E-state index contributed by atoms with van der Waals surface area (Å²) in [5, 5.41) is 0.618. The van der Waals surface area contributed by atoms with Crippen LogP contribution in [0.4, 0.5) is 4.39 Å². The van der Waals surface area contributed by atoms with Gasteiger partial charge >= 0.3 is 0 Å². The Bertz CT molecular complexity index is 1170. The van der Waals surface area contributed by atoms with Crippen molar-refractivity contribution in [2.24, 2.45) is 0 Å². The number of aromatic nitrogens is 2. The van der Waals surface area contributed by atoms with E-state index in [9.17, 15) is 9.18 Å². The van der Waals surface area contributed by atoms with Crippen LogP contribution in [0.1, 0.15) is 31.3 Å². The van der Waals surface area contributed by atoms with Crippen molar-refractivity contribution >= 4 is 21.6 Å².